The van der Waals surface area contributed by atoms with Gasteiger partial charge in [0.15, 0.2) is 0 Å². The molecule has 1 aromatic rings. The van der Waals surface area contributed by atoms with Crippen molar-refractivity contribution in [3.8, 4) is 5.75 Å². The lowest BCUT2D eigenvalue weighted by atomic mass is 9.88. The molecule has 13 heavy (non-hydrogen) atoms. The van der Waals surface area contributed by atoms with Crippen molar-refractivity contribution in [2.45, 2.75) is 25.3 Å². The Bertz CT molecular complexity index is 338. The highest BCUT2D eigenvalue weighted by Gasteiger charge is 2.20. The fraction of sp³-hybridized carbons (Fsp3) is 0.400. The fourth-order valence-corrected chi connectivity index (χ4v) is 2.26. The van der Waals surface area contributed by atoms with Gasteiger partial charge in [0.05, 0.1) is 4.47 Å². The average molecular weight is 242 g/mol. The van der Waals surface area contributed by atoms with Crippen LogP contribution in [0, 0.1) is 0 Å². The van der Waals surface area contributed by atoms with Crippen LogP contribution in [-0.4, -0.2) is 5.11 Å². The molecule has 0 spiro atoms. The summed E-state index contributed by atoms with van der Waals surface area (Å²) >= 11 is 3.30. The molecule has 0 aliphatic heterocycles. The molecular formula is C10H12BrNO. The van der Waals surface area contributed by atoms with Crippen LogP contribution in [0.3, 0.4) is 0 Å². The van der Waals surface area contributed by atoms with E-state index in [-0.39, 0.29) is 6.04 Å². The Morgan fingerprint density at radius 1 is 1.46 bits per heavy atom. The number of phenols is 1. The Kier molecular flexibility index (Phi) is 2.30. The number of fused-ring (bicyclic) bond motifs is 1. The van der Waals surface area contributed by atoms with Crippen molar-refractivity contribution in [2.75, 3.05) is 0 Å². The summed E-state index contributed by atoms with van der Waals surface area (Å²) in [5.41, 5.74) is 8.06. The molecular weight excluding hydrogens is 230 g/mol. The number of hydrogen-bond acceptors (Lipinski definition) is 2. The molecule has 70 valence electrons. The van der Waals surface area contributed by atoms with Crippen LogP contribution in [-0.2, 0) is 6.42 Å². The molecule has 0 aromatic heterocycles. The van der Waals surface area contributed by atoms with Crippen LogP contribution in [0.4, 0.5) is 0 Å². The van der Waals surface area contributed by atoms with Gasteiger partial charge in [-0.2, -0.15) is 0 Å². The molecule has 1 aliphatic carbocycles. The monoisotopic (exact) mass is 241 g/mol. The average Bonchev–Trinajstić information content (AvgIpc) is 2.12. The fourth-order valence-electron chi connectivity index (χ4n) is 1.89. The SMILES string of the molecule is NC1CCCc2c1ccc(Br)c2O. The minimum atomic E-state index is 0.0998. The van der Waals surface area contributed by atoms with E-state index < -0.39 is 0 Å². The van der Waals surface area contributed by atoms with E-state index >= 15 is 0 Å². The second-order valence-corrected chi connectivity index (χ2v) is 4.32. The normalized spacial score (nSPS) is 21.2. The lowest BCUT2D eigenvalue weighted by Gasteiger charge is -2.23. The van der Waals surface area contributed by atoms with Crippen LogP contribution in [0.1, 0.15) is 30.0 Å². The Hall–Kier alpha value is -0.540. The summed E-state index contributed by atoms with van der Waals surface area (Å²) < 4.78 is 0.764. The van der Waals surface area contributed by atoms with Gasteiger partial charge in [-0.1, -0.05) is 6.07 Å². The van der Waals surface area contributed by atoms with E-state index in [1.165, 1.54) is 0 Å². The number of halogens is 1. The first-order chi connectivity index (χ1) is 6.20. The molecule has 3 N–H and O–H groups in total. The van der Waals surface area contributed by atoms with E-state index in [9.17, 15) is 5.11 Å². The molecule has 1 aliphatic rings. The van der Waals surface area contributed by atoms with E-state index in [4.69, 9.17) is 5.73 Å². The highest BCUT2D eigenvalue weighted by molar-refractivity contribution is 9.10. The first-order valence-electron chi connectivity index (χ1n) is 4.46. The van der Waals surface area contributed by atoms with E-state index in [2.05, 4.69) is 15.9 Å². The van der Waals surface area contributed by atoms with Gasteiger partial charge < -0.3 is 10.8 Å². The maximum absolute atomic E-state index is 9.76. The Labute approximate surface area is 85.9 Å². The second kappa shape index (κ2) is 3.31. The van der Waals surface area contributed by atoms with Crippen LogP contribution >= 0.6 is 15.9 Å². The summed E-state index contributed by atoms with van der Waals surface area (Å²) in [5, 5.41) is 9.76. The van der Waals surface area contributed by atoms with Crippen LogP contribution in [0.15, 0.2) is 16.6 Å². The summed E-state index contributed by atoms with van der Waals surface area (Å²) in [5.74, 6) is 0.368. The maximum Gasteiger partial charge on any atom is 0.133 e. The first-order valence-corrected chi connectivity index (χ1v) is 5.25. The van der Waals surface area contributed by atoms with E-state index in [1.807, 2.05) is 12.1 Å². The molecule has 0 amide bonds. The molecule has 0 heterocycles. The van der Waals surface area contributed by atoms with Crippen molar-refractivity contribution >= 4 is 15.9 Å². The number of aromatic hydroxyl groups is 1. The minimum absolute atomic E-state index is 0.0998. The van der Waals surface area contributed by atoms with Gasteiger partial charge in [-0.25, -0.2) is 0 Å². The standard InChI is InChI=1S/C10H12BrNO/c11-8-5-4-6-7(10(8)13)2-1-3-9(6)12/h4-5,9,13H,1-3,12H2. The zero-order valence-electron chi connectivity index (χ0n) is 7.26. The third-order valence-electron chi connectivity index (χ3n) is 2.61. The summed E-state index contributed by atoms with van der Waals surface area (Å²) in [6, 6.07) is 3.96. The van der Waals surface area contributed by atoms with Crippen molar-refractivity contribution in [3.63, 3.8) is 0 Å². The molecule has 0 saturated heterocycles. The summed E-state index contributed by atoms with van der Waals surface area (Å²) in [6.07, 6.45) is 3.03. The van der Waals surface area contributed by atoms with Crippen LogP contribution < -0.4 is 5.73 Å². The van der Waals surface area contributed by atoms with Gasteiger partial charge >= 0.3 is 0 Å². The van der Waals surface area contributed by atoms with Gasteiger partial charge in [0.25, 0.3) is 0 Å². The number of rotatable bonds is 0. The number of benzene rings is 1. The van der Waals surface area contributed by atoms with Gasteiger partial charge in [-0.05, 0) is 52.4 Å². The molecule has 2 nitrogen and oxygen atoms in total. The van der Waals surface area contributed by atoms with Crippen LogP contribution in [0.2, 0.25) is 0 Å². The largest absolute Gasteiger partial charge is 0.506 e. The lowest BCUT2D eigenvalue weighted by molar-refractivity contribution is 0.452. The molecule has 1 aromatic carbocycles. The van der Waals surface area contributed by atoms with Gasteiger partial charge in [-0.15, -0.1) is 0 Å². The van der Waals surface area contributed by atoms with Gasteiger partial charge in [0, 0.05) is 6.04 Å². The predicted molar refractivity (Wildman–Crippen MR) is 55.7 cm³/mol. The molecule has 3 heteroatoms. The molecule has 0 saturated carbocycles. The van der Waals surface area contributed by atoms with Crippen LogP contribution in [0.25, 0.3) is 0 Å². The molecule has 0 bridgehead atoms. The molecule has 0 fully saturated rings. The third-order valence-corrected chi connectivity index (χ3v) is 3.25. The molecule has 1 atom stereocenters. The van der Waals surface area contributed by atoms with Crippen molar-refractivity contribution in [1.82, 2.24) is 0 Å². The Balaban J connectivity index is 2.56. The maximum atomic E-state index is 9.76. The molecule has 1 unspecified atom stereocenters. The van der Waals surface area contributed by atoms with Crippen molar-refractivity contribution in [3.05, 3.63) is 27.7 Å². The highest BCUT2D eigenvalue weighted by atomic mass is 79.9. The topological polar surface area (TPSA) is 46.2 Å². The van der Waals surface area contributed by atoms with Crippen LogP contribution in [0.5, 0.6) is 5.75 Å². The summed E-state index contributed by atoms with van der Waals surface area (Å²) in [4.78, 5) is 0. The highest BCUT2D eigenvalue weighted by Crippen LogP contribution is 2.37. The van der Waals surface area contributed by atoms with Crippen molar-refractivity contribution in [2.24, 2.45) is 5.73 Å². The number of phenolic OH excluding ortho intramolecular Hbond substituents is 1. The Morgan fingerprint density at radius 3 is 3.00 bits per heavy atom. The quantitative estimate of drug-likeness (QED) is 0.734. The second-order valence-electron chi connectivity index (χ2n) is 3.46. The Morgan fingerprint density at radius 2 is 2.23 bits per heavy atom. The smallest absolute Gasteiger partial charge is 0.133 e. The van der Waals surface area contributed by atoms with Gasteiger partial charge in [0.1, 0.15) is 5.75 Å². The lowest BCUT2D eigenvalue weighted by Crippen LogP contribution is -2.17. The number of hydrogen-bond donors (Lipinski definition) is 2. The summed E-state index contributed by atoms with van der Waals surface area (Å²) in [6.45, 7) is 0. The van der Waals surface area contributed by atoms with Crippen molar-refractivity contribution in [1.29, 1.82) is 0 Å². The molecule has 0 radical (unpaired) electrons. The van der Waals surface area contributed by atoms with E-state index in [1.54, 1.807) is 0 Å². The zero-order chi connectivity index (χ0) is 9.42. The number of nitrogens with two attached hydrogens (primary N) is 1. The van der Waals surface area contributed by atoms with Gasteiger partial charge in [0.2, 0.25) is 0 Å². The minimum Gasteiger partial charge on any atom is -0.506 e. The van der Waals surface area contributed by atoms with Gasteiger partial charge in [-0.3, -0.25) is 0 Å². The van der Waals surface area contributed by atoms with E-state index in [0.29, 0.717) is 5.75 Å². The third kappa shape index (κ3) is 1.46. The molecule has 2 rings (SSSR count). The van der Waals surface area contributed by atoms with Crippen molar-refractivity contribution < 1.29 is 5.11 Å². The summed E-state index contributed by atoms with van der Waals surface area (Å²) in [7, 11) is 0. The predicted octanol–water partition coefficient (Wildman–Crippen LogP) is 2.49. The zero-order valence-corrected chi connectivity index (χ0v) is 8.84. The van der Waals surface area contributed by atoms with E-state index in [0.717, 1.165) is 34.9 Å². The first kappa shape index (κ1) is 9.03.